The second kappa shape index (κ2) is 6.39. The van der Waals surface area contributed by atoms with Crippen LogP contribution in [-0.4, -0.2) is 58.2 Å². The zero-order chi connectivity index (χ0) is 14.0. The Balaban J connectivity index is 1.90. The zero-order valence-corrected chi connectivity index (χ0v) is 11.8. The molecule has 0 aliphatic carbocycles. The van der Waals surface area contributed by atoms with Gasteiger partial charge in [-0.1, -0.05) is 29.3 Å². The summed E-state index contributed by atoms with van der Waals surface area (Å²) in [7, 11) is 0. The van der Waals surface area contributed by atoms with E-state index >= 15 is 0 Å². The molecule has 3 N–H and O–H groups in total. The molecule has 1 aromatic rings. The second-order valence-corrected chi connectivity index (χ2v) is 5.70. The molecule has 106 valence electrons. The first kappa shape index (κ1) is 15.0. The van der Waals surface area contributed by atoms with E-state index in [1.165, 1.54) is 0 Å². The molecular weight excluding hydrogens is 289 g/mol. The van der Waals surface area contributed by atoms with E-state index in [2.05, 4.69) is 0 Å². The molecular formula is C13H17Cl2NO3. The van der Waals surface area contributed by atoms with Gasteiger partial charge in [-0.05, 0) is 24.1 Å². The summed E-state index contributed by atoms with van der Waals surface area (Å²) in [6, 6.07) is 5.47. The van der Waals surface area contributed by atoms with Crippen LogP contribution in [0, 0.1) is 0 Å². The first-order chi connectivity index (χ1) is 8.97. The third-order valence-corrected chi connectivity index (χ3v) is 4.12. The van der Waals surface area contributed by atoms with Crippen LogP contribution in [0.2, 0.25) is 10.0 Å². The predicted octanol–water partition coefficient (Wildman–Crippen LogP) is 0.934. The molecule has 1 aromatic carbocycles. The van der Waals surface area contributed by atoms with Crippen LogP contribution in [0.4, 0.5) is 0 Å². The molecule has 3 atom stereocenters. The Hall–Kier alpha value is -0.360. The fourth-order valence-corrected chi connectivity index (χ4v) is 2.56. The maximum absolute atomic E-state index is 9.61. The van der Waals surface area contributed by atoms with E-state index < -0.39 is 18.3 Å². The van der Waals surface area contributed by atoms with Crippen LogP contribution in [0.5, 0.6) is 0 Å². The maximum Gasteiger partial charge on any atom is 0.108 e. The zero-order valence-electron chi connectivity index (χ0n) is 10.3. The number of piperidine rings is 1. The fraction of sp³-hybridized carbons (Fsp3) is 0.538. The number of aliphatic hydroxyl groups excluding tert-OH is 3. The smallest absolute Gasteiger partial charge is 0.108 e. The van der Waals surface area contributed by atoms with E-state index in [-0.39, 0.29) is 0 Å². The largest absolute Gasteiger partial charge is 0.389 e. The Labute approximate surface area is 122 Å². The summed E-state index contributed by atoms with van der Waals surface area (Å²) < 4.78 is 0. The molecule has 0 spiro atoms. The molecule has 0 bridgehead atoms. The minimum Gasteiger partial charge on any atom is -0.389 e. The predicted molar refractivity (Wildman–Crippen MR) is 74.6 cm³/mol. The number of likely N-dealkylation sites (tertiary alicyclic amines) is 1. The van der Waals surface area contributed by atoms with Crippen molar-refractivity contribution < 1.29 is 15.3 Å². The van der Waals surface area contributed by atoms with Gasteiger partial charge in [-0.25, -0.2) is 0 Å². The molecule has 19 heavy (non-hydrogen) atoms. The summed E-state index contributed by atoms with van der Waals surface area (Å²) >= 11 is 11.8. The molecule has 1 saturated heterocycles. The highest BCUT2D eigenvalue weighted by Crippen LogP contribution is 2.23. The molecule has 0 aromatic heterocycles. The summed E-state index contributed by atoms with van der Waals surface area (Å²) in [6.45, 7) is 1.40. The number of halogens is 2. The second-order valence-electron chi connectivity index (χ2n) is 4.88. The summed E-state index contributed by atoms with van der Waals surface area (Å²) in [5.74, 6) is 0. The van der Waals surface area contributed by atoms with Crippen molar-refractivity contribution in [3.63, 3.8) is 0 Å². The van der Waals surface area contributed by atoms with E-state index in [9.17, 15) is 15.3 Å². The van der Waals surface area contributed by atoms with Crippen molar-refractivity contribution in [2.75, 3.05) is 19.6 Å². The summed E-state index contributed by atoms with van der Waals surface area (Å²) in [4.78, 5) is 1.92. The van der Waals surface area contributed by atoms with Gasteiger partial charge in [0.1, 0.15) is 6.10 Å². The topological polar surface area (TPSA) is 63.9 Å². The van der Waals surface area contributed by atoms with E-state index in [4.69, 9.17) is 23.2 Å². The molecule has 0 amide bonds. The van der Waals surface area contributed by atoms with Gasteiger partial charge < -0.3 is 15.3 Å². The molecule has 1 aliphatic rings. The summed E-state index contributed by atoms with van der Waals surface area (Å²) in [5, 5.41) is 29.7. The van der Waals surface area contributed by atoms with E-state index in [0.29, 0.717) is 29.7 Å². The first-order valence-electron chi connectivity index (χ1n) is 6.18. The number of β-amino-alcohol motifs (C(OH)–C–C–N with tert-alkyl or cyclic N) is 2. The number of hydrogen-bond donors (Lipinski definition) is 3. The Kier molecular flexibility index (Phi) is 5.06. The Bertz CT molecular complexity index is 432. The van der Waals surface area contributed by atoms with Crippen LogP contribution < -0.4 is 0 Å². The Morgan fingerprint density at radius 3 is 2.26 bits per heavy atom. The number of benzene rings is 1. The first-order valence-corrected chi connectivity index (χ1v) is 6.93. The molecule has 0 radical (unpaired) electrons. The highest BCUT2D eigenvalue weighted by molar-refractivity contribution is 6.42. The van der Waals surface area contributed by atoms with Crippen molar-refractivity contribution in [1.82, 2.24) is 4.90 Å². The summed E-state index contributed by atoms with van der Waals surface area (Å²) in [5.41, 5.74) is 1.05. The van der Waals surface area contributed by atoms with Crippen molar-refractivity contribution >= 4 is 23.2 Å². The average molecular weight is 306 g/mol. The van der Waals surface area contributed by atoms with Crippen LogP contribution in [0.3, 0.4) is 0 Å². The maximum atomic E-state index is 9.61. The molecule has 1 fully saturated rings. The molecule has 4 nitrogen and oxygen atoms in total. The minimum atomic E-state index is -1.05. The average Bonchev–Trinajstić information content (AvgIpc) is 2.37. The van der Waals surface area contributed by atoms with Crippen molar-refractivity contribution in [1.29, 1.82) is 0 Å². The van der Waals surface area contributed by atoms with Gasteiger partial charge in [0.25, 0.3) is 0 Å². The quantitative estimate of drug-likeness (QED) is 0.777. The van der Waals surface area contributed by atoms with E-state index in [1.54, 1.807) is 6.07 Å². The molecule has 0 saturated carbocycles. The number of nitrogens with zero attached hydrogens (tertiary/aromatic N) is 1. The van der Waals surface area contributed by atoms with Crippen LogP contribution in [0.15, 0.2) is 18.2 Å². The lowest BCUT2D eigenvalue weighted by Gasteiger charge is -2.36. The standard InChI is InChI=1S/C13H17Cl2NO3/c14-9-2-1-8(5-10(9)15)3-4-16-6-11(17)13(19)12(18)7-16/h1-2,5,11-13,17-19H,3-4,6-7H2/t11-,12+,13+. The van der Waals surface area contributed by atoms with Gasteiger partial charge in [0.15, 0.2) is 0 Å². The fourth-order valence-electron chi connectivity index (χ4n) is 2.24. The van der Waals surface area contributed by atoms with Gasteiger partial charge in [-0.2, -0.15) is 0 Å². The molecule has 0 unspecified atom stereocenters. The van der Waals surface area contributed by atoms with Gasteiger partial charge in [0.2, 0.25) is 0 Å². The van der Waals surface area contributed by atoms with Crippen LogP contribution >= 0.6 is 23.2 Å². The van der Waals surface area contributed by atoms with E-state index in [1.807, 2.05) is 17.0 Å². The Morgan fingerprint density at radius 2 is 1.68 bits per heavy atom. The normalized spacial score (nSPS) is 28.6. The van der Waals surface area contributed by atoms with Gasteiger partial charge in [0.05, 0.1) is 22.3 Å². The van der Waals surface area contributed by atoms with Gasteiger partial charge in [-0.15, -0.1) is 0 Å². The van der Waals surface area contributed by atoms with Crippen molar-refractivity contribution in [3.8, 4) is 0 Å². The van der Waals surface area contributed by atoms with E-state index in [0.717, 1.165) is 12.0 Å². The number of hydrogen-bond acceptors (Lipinski definition) is 4. The lowest BCUT2D eigenvalue weighted by molar-refractivity contribution is -0.109. The number of aliphatic hydroxyl groups is 3. The minimum absolute atomic E-state index is 0.361. The van der Waals surface area contributed by atoms with Crippen LogP contribution in [0.1, 0.15) is 5.56 Å². The Morgan fingerprint density at radius 1 is 1.05 bits per heavy atom. The lowest BCUT2D eigenvalue weighted by Crippen LogP contribution is -2.55. The van der Waals surface area contributed by atoms with Crippen molar-refractivity contribution in [2.24, 2.45) is 0 Å². The molecule has 6 heteroatoms. The highest BCUT2D eigenvalue weighted by atomic mass is 35.5. The number of rotatable bonds is 3. The summed E-state index contributed by atoms with van der Waals surface area (Å²) in [6.07, 6.45) is -2.12. The van der Waals surface area contributed by atoms with Crippen LogP contribution in [-0.2, 0) is 6.42 Å². The van der Waals surface area contributed by atoms with Gasteiger partial charge >= 0.3 is 0 Å². The van der Waals surface area contributed by atoms with Gasteiger partial charge in [0, 0.05) is 19.6 Å². The van der Waals surface area contributed by atoms with Gasteiger partial charge in [-0.3, -0.25) is 4.90 Å². The SMILES string of the molecule is O[C@H]1[C@H](O)CN(CCc2ccc(Cl)c(Cl)c2)C[C@@H]1O. The molecule has 1 aliphatic heterocycles. The third kappa shape index (κ3) is 3.81. The monoisotopic (exact) mass is 305 g/mol. The highest BCUT2D eigenvalue weighted by Gasteiger charge is 2.32. The van der Waals surface area contributed by atoms with Crippen LogP contribution in [0.25, 0.3) is 0 Å². The van der Waals surface area contributed by atoms with Crippen molar-refractivity contribution in [3.05, 3.63) is 33.8 Å². The molecule has 1 heterocycles. The van der Waals surface area contributed by atoms with Crippen molar-refractivity contribution in [2.45, 2.75) is 24.7 Å². The lowest BCUT2D eigenvalue weighted by atomic mass is 10.0. The third-order valence-electron chi connectivity index (χ3n) is 3.38. The molecule has 2 rings (SSSR count).